The number of para-hydroxylation sites is 1. The fourth-order valence-electron chi connectivity index (χ4n) is 2.44. The zero-order valence-corrected chi connectivity index (χ0v) is 14.1. The lowest BCUT2D eigenvalue weighted by molar-refractivity contribution is 0.414. The summed E-state index contributed by atoms with van der Waals surface area (Å²) in [6.45, 7) is 0. The lowest BCUT2D eigenvalue weighted by Crippen LogP contribution is -1.91. The Kier molecular flexibility index (Phi) is 3.99. The number of fused-ring (bicyclic) bond motifs is 1. The van der Waals surface area contributed by atoms with E-state index < -0.39 is 0 Å². The van der Waals surface area contributed by atoms with Crippen molar-refractivity contribution in [3.63, 3.8) is 0 Å². The van der Waals surface area contributed by atoms with E-state index in [1.165, 1.54) is 23.5 Å². The van der Waals surface area contributed by atoms with Gasteiger partial charge in [-0.25, -0.2) is 4.39 Å². The Bertz CT molecular complexity index is 1050. The van der Waals surface area contributed by atoms with Crippen LogP contribution in [0.2, 0.25) is 0 Å². The van der Waals surface area contributed by atoms with Gasteiger partial charge in [-0.05, 0) is 42.5 Å². The van der Waals surface area contributed by atoms with Crippen LogP contribution in [-0.4, -0.2) is 26.9 Å². The standard InChI is InChI=1S/C18H13FN4OS/c1-24-15-5-3-2-4-12(15)8-11-16-22-23-17(20-21-18(23)25-16)13-6-9-14(19)10-7-13/h2-11H,1H3/b11-8+. The first-order chi connectivity index (χ1) is 12.2. The summed E-state index contributed by atoms with van der Waals surface area (Å²) < 4.78 is 20.1. The lowest BCUT2D eigenvalue weighted by atomic mass is 10.2. The SMILES string of the molecule is COc1ccccc1/C=C/c1nn2c(-c3ccc(F)cc3)nnc2s1. The van der Waals surface area contributed by atoms with Gasteiger partial charge in [0.15, 0.2) is 5.82 Å². The van der Waals surface area contributed by atoms with E-state index in [0.29, 0.717) is 10.8 Å². The van der Waals surface area contributed by atoms with Crippen LogP contribution in [0.15, 0.2) is 48.5 Å². The van der Waals surface area contributed by atoms with E-state index in [-0.39, 0.29) is 5.82 Å². The molecule has 0 N–H and O–H groups in total. The van der Waals surface area contributed by atoms with Crippen molar-refractivity contribution in [2.75, 3.05) is 7.11 Å². The van der Waals surface area contributed by atoms with Crippen LogP contribution >= 0.6 is 11.3 Å². The molecule has 124 valence electrons. The molecule has 5 nitrogen and oxygen atoms in total. The minimum Gasteiger partial charge on any atom is -0.496 e. The predicted molar refractivity (Wildman–Crippen MR) is 96.0 cm³/mol. The molecule has 0 aliphatic heterocycles. The van der Waals surface area contributed by atoms with Crippen LogP contribution in [0.3, 0.4) is 0 Å². The summed E-state index contributed by atoms with van der Waals surface area (Å²) in [4.78, 5) is 0.680. The van der Waals surface area contributed by atoms with Crippen LogP contribution in [0.4, 0.5) is 4.39 Å². The van der Waals surface area contributed by atoms with Gasteiger partial charge in [-0.3, -0.25) is 0 Å². The van der Waals surface area contributed by atoms with E-state index in [4.69, 9.17) is 4.74 Å². The van der Waals surface area contributed by atoms with Crippen molar-refractivity contribution in [1.82, 2.24) is 19.8 Å². The Labute approximate surface area is 147 Å². The second-order valence-corrected chi connectivity index (χ2v) is 6.23. The lowest BCUT2D eigenvalue weighted by Gasteiger charge is -2.02. The van der Waals surface area contributed by atoms with Crippen LogP contribution in [0.5, 0.6) is 5.75 Å². The Hall–Kier alpha value is -3.06. The summed E-state index contributed by atoms with van der Waals surface area (Å²) in [7, 11) is 1.64. The zero-order valence-electron chi connectivity index (χ0n) is 13.3. The molecule has 25 heavy (non-hydrogen) atoms. The molecule has 0 bridgehead atoms. The normalized spacial score (nSPS) is 11.4. The first kappa shape index (κ1) is 15.5. The highest BCUT2D eigenvalue weighted by molar-refractivity contribution is 7.17. The molecule has 0 aliphatic carbocycles. The third-order valence-electron chi connectivity index (χ3n) is 3.65. The number of hydrogen-bond acceptors (Lipinski definition) is 5. The molecule has 2 aromatic carbocycles. The highest BCUT2D eigenvalue weighted by Crippen LogP contribution is 2.24. The van der Waals surface area contributed by atoms with Gasteiger partial charge in [-0.2, -0.15) is 9.61 Å². The number of benzene rings is 2. The fourth-order valence-corrected chi connectivity index (χ4v) is 3.18. The molecule has 0 fully saturated rings. The summed E-state index contributed by atoms with van der Waals surface area (Å²) in [5.41, 5.74) is 1.73. The smallest absolute Gasteiger partial charge is 0.235 e. The zero-order chi connectivity index (χ0) is 17.2. The maximum atomic E-state index is 13.1. The Morgan fingerprint density at radius 1 is 1.04 bits per heavy atom. The van der Waals surface area contributed by atoms with Gasteiger partial charge in [-0.15, -0.1) is 10.2 Å². The number of methoxy groups -OCH3 is 1. The third-order valence-corrected chi connectivity index (χ3v) is 4.52. The first-order valence-corrected chi connectivity index (χ1v) is 8.35. The van der Waals surface area contributed by atoms with Gasteiger partial charge in [0.2, 0.25) is 4.96 Å². The summed E-state index contributed by atoms with van der Waals surface area (Å²) in [6, 6.07) is 13.9. The van der Waals surface area contributed by atoms with E-state index in [9.17, 15) is 4.39 Å². The van der Waals surface area contributed by atoms with Crippen LogP contribution in [-0.2, 0) is 0 Å². The molecule has 0 saturated heterocycles. The second kappa shape index (κ2) is 6.45. The highest BCUT2D eigenvalue weighted by Gasteiger charge is 2.12. The Balaban J connectivity index is 1.68. The van der Waals surface area contributed by atoms with Crippen molar-refractivity contribution >= 4 is 28.4 Å². The van der Waals surface area contributed by atoms with Crippen molar-refractivity contribution in [3.8, 4) is 17.1 Å². The van der Waals surface area contributed by atoms with E-state index in [1.54, 1.807) is 23.8 Å². The van der Waals surface area contributed by atoms with Crippen molar-refractivity contribution in [2.24, 2.45) is 0 Å². The van der Waals surface area contributed by atoms with Gasteiger partial charge >= 0.3 is 0 Å². The largest absolute Gasteiger partial charge is 0.496 e. The van der Waals surface area contributed by atoms with Gasteiger partial charge in [0.25, 0.3) is 0 Å². The molecule has 0 aliphatic rings. The molecular formula is C18H13FN4OS. The second-order valence-electron chi connectivity index (χ2n) is 5.24. The van der Waals surface area contributed by atoms with Crippen LogP contribution < -0.4 is 4.74 Å². The molecule has 4 aromatic rings. The quantitative estimate of drug-likeness (QED) is 0.553. The molecule has 0 spiro atoms. The van der Waals surface area contributed by atoms with Gasteiger partial charge in [0, 0.05) is 11.1 Å². The average molecular weight is 352 g/mol. The third kappa shape index (κ3) is 3.01. The molecule has 0 saturated carbocycles. The van der Waals surface area contributed by atoms with Gasteiger partial charge in [-0.1, -0.05) is 29.5 Å². The summed E-state index contributed by atoms with van der Waals surface area (Å²) in [5.74, 6) is 1.10. The van der Waals surface area contributed by atoms with Crippen molar-refractivity contribution in [3.05, 3.63) is 64.9 Å². The number of ether oxygens (including phenoxy) is 1. The average Bonchev–Trinajstić information content (AvgIpc) is 3.21. The van der Waals surface area contributed by atoms with Crippen molar-refractivity contribution < 1.29 is 9.13 Å². The van der Waals surface area contributed by atoms with Gasteiger partial charge < -0.3 is 4.74 Å². The number of aromatic nitrogens is 4. The molecule has 7 heteroatoms. The molecule has 2 aromatic heterocycles. The monoisotopic (exact) mass is 352 g/mol. The fraction of sp³-hybridized carbons (Fsp3) is 0.0556. The minimum absolute atomic E-state index is 0.289. The molecular weight excluding hydrogens is 339 g/mol. The molecule has 0 radical (unpaired) electrons. The first-order valence-electron chi connectivity index (χ1n) is 7.54. The molecule has 0 unspecified atom stereocenters. The Morgan fingerprint density at radius 3 is 2.64 bits per heavy atom. The molecule has 0 amide bonds. The van der Waals surface area contributed by atoms with Crippen molar-refractivity contribution in [2.45, 2.75) is 0 Å². The Morgan fingerprint density at radius 2 is 1.84 bits per heavy atom. The molecule has 2 heterocycles. The number of rotatable bonds is 4. The van der Waals surface area contributed by atoms with Gasteiger partial charge in [0.1, 0.15) is 16.6 Å². The van der Waals surface area contributed by atoms with Gasteiger partial charge in [0.05, 0.1) is 7.11 Å². The molecule has 4 rings (SSSR count). The van der Waals surface area contributed by atoms with E-state index in [0.717, 1.165) is 21.9 Å². The summed E-state index contributed by atoms with van der Waals surface area (Å²) >= 11 is 1.43. The maximum Gasteiger partial charge on any atom is 0.235 e. The van der Waals surface area contributed by atoms with E-state index in [2.05, 4.69) is 15.3 Å². The minimum atomic E-state index is -0.289. The van der Waals surface area contributed by atoms with Crippen LogP contribution in [0.1, 0.15) is 10.6 Å². The van der Waals surface area contributed by atoms with E-state index >= 15 is 0 Å². The number of nitrogens with zero attached hydrogens (tertiary/aromatic N) is 4. The van der Waals surface area contributed by atoms with Crippen molar-refractivity contribution in [1.29, 1.82) is 0 Å². The van der Waals surface area contributed by atoms with Crippen LogP contribution in [0, 0.1) is 5.82 Å². The highest BCUT2D eigenvalue weighted by atomic mass is 32.1. The maximum absolute atomic E-state index is 13.1. The topological polar surface area (TPSA) is 52.3 Å². The van der Waals surface area contributed by atoms with E-state index in [1.807, 2.05) is 36.4 Å². The predicted octanol–water partition coefficient (Wildman–Crippen LogP) is 4.17. The summed E-state index contributed by atoms with van der Waals surface area (Å²) in [6.07, 6.45) is 3.85. The number of hydrogen-bond donors (Lipinski definition) is 0. The summed E-state index contributed by atoms with van der Waals surface area (Å²) in [5, 5.41) is 13.6. The van der Waals surface area contributed by atoms with Crippen LogP contribution in [0.25, 0.3) is 28.5 Å². The molecule has 0 atom stereocenters. The number of halogens is 1.